The van der Waals surface area contributed by atoms with E-state index in [4.69, 9.17) is 24.3 Å². The molecule has 0 saturated heterocycles. The first-order valence-electron chi connectivity index (χ1n) is 35.4. The molecule has 2 unspecified atom stereocenters. The molecule has 0 heterocycles. The topological polar surface area (TPSA) is 134 Å². The number of allylic oxidation sites excluding steroid dienone is 18. The molecule has 490 valence electrons. The van der Waals surface area contributed by atoms with Crippen molar-refractivity contribution in [3.8, 4) is 0 Å². The van der Waals surface area contributed by atoms with Gasteiger partial charge in [0.25, 0.3) is 0 Å². The third kappa shape index (κ3) is 69.6. The Hall–Kier alpha value is -3.33. The fourth-order valence-corrected chi connectivity index (χ4v) is 10.7. The summed E-state index contributed by atoms with van der Waals surface area (Å²) < 4.78 is 33.2. The summed E-state index contributed by atoms with van der Waals surface area (Å²) in [5, 5.41) is 0. The Morgan fingerprint density at radius 2 is 0.647 bits per heavy atom. The number of ether oxygens (including phenoxy) is 2. The number of phosphoric ester groups is 1. The van der Waals surface area contributed by atoms with Gasteiger partial charge >= 0.3 is 19.8 Å². The summed E-state index contributed by atoms with van der Waals surface area (Å²) in [5.74, 6) is -0.831. The van der Waals surface area contributed by atoms with E-state index >= 15 is 0 Å². The SMILES string of the molecule is CC/C=C\C/C=C\C/C=C\C/C=C\C/C=C\C/C=C\CCCCCCCCCCC(=O)OC(COC(=O)CCCCCCCCCCCCCCCCCCCCCCCC/C=C\C/C=C\C/C=C\CCCCCCC)COP(=O)(O)OCCN. The second kappa shape index (κ2) is 69.8. The van der Waals surface area contributed by atoms with Crippen LogP contribution in [0.4, 0.5) is 0 Å². The molecule has 0 radical (unpaired) electrons. The van der Waals surface area contributed by atoms with Crippen molar-refractivity contribution in [1.29, 1.82) is 0 Å². The molecule has 0 aromatic carbocycles. The highest BCUT2D eigenvalue weighted by Crippen LogP contribution is 2.43. The number of hydrogen-bond donors (Lipinski definition) is 2. The zero-order valence-corrected chi connectivity index (χ0v) is 56.0. The summed E-state index contributed by atoms with van der Waals surface area (Å²) in [6, 6.07) is 0. The van der Waals surface area contributed by atoms with E-state index in [9.17, 15) is 19.0 Å². The number of esters is 2. The second-order valence-electron chi connectivity index (χ2n) is 23.4. The standard InChI is InChI=1S/C75H132NO8P/c1-3-5-7-9-11-13-15-17-19-21-23-25-27-29-31-32-33-34-35-36-37-38-39-40-42-43-45-47-49-51-53-55-57-59-61-63-65-67-74(77)81-71-73(72-83-85(79,80)82-70-69-76)84-75(78)68-66-64-62-60-58-56-54-52-50-48-46-44-41-30-28-26-24-22-20-18-16-14-12-10-8-6-4-2/h6,8,12,14-15,17-18,20-21,23-24,26-27,29-30,41,46,48,73H,3-5,7,9-11,13,16,19,22,25,28,31-40,42-45,47,49-72,76H2,1-2H3,(H,79,80)/b8-6-,14-12-,17-15-,20-18-,23-21-,26-24-,29-27-,41-30-,48-46-. The largest absolute Gasteiger partial charge is 0.472 e. The number of rotatable bonds is 66. The molecule has 0 fully saturated rings. The Kier molecular flexibility index (Phi) is 67.0. The average Bonchev–Trinajstić information content (AvgIpc) is 3.53. The van der Waals surface area contributed by atoms with Gasteiger partial charge in [0.15, 0.2) is 6.10 Å². The van der Waals surface area contributed by atoms with Gasteiger partial charge in [-0.2, -0.15) is 0 Å². The van der Waals surface area contributed by atoms with E-state index in [1.807, 2.05) is 0 Å². The summed E-state index contributed by atoms with van der Waals surface area (Å²) in [6.45, 7) is 3.64. The van der Waals surface area contributed by atoms with Crippen molar-refractivity contribution in [3.05, 3.63) is 109 Å². The number of phosphoric acid groups is 1. The third-order valence-electron chi connectivity index (χ3n) is 15.1. The minimum Gasteiger partial charge on any atom is -0.462 e. The Bertz CT molecular complexity index is 1760. The van der Waals surface area contributed by atoms with Crippen LogP contribution in [0.5, 0.6) is 0 Å². The lowest BCUT2D eigenvalue weighted by Crippen LogP contribution is -2.29. The summed E-state index contributed by atoms with van der Waals surface area (Å²) in [5.41, 5.74) is 5.40. The van der Waals surface area contributed by atoms with E-state index < -0.39 is 26.5 Å². The maximum atomic E-state index is 12.8. The van der Waals surface area contributed by atoms with E-state index in [1.165, 1.54) is 193 Å². The molecule has 0 saturated carbocycles. The van der Waals surface area contributed by atoms with Crippen LogP contribution in [0.2, 0.25) is 0 Å². The third-order valence-corrected chi connectivity index (χ3v) is 16.1. The molecule has 0 aromatic heterocycles. The Balaban J connectivity index is 3.86. The molecule has 0 aliphatic carbocycles. The van der Waals surface area contributed by atoms with E-state index in [-0.39, 0.29) is 38.6 Å². The molecule has 0 spiro atoms. The Morgan fingerprint density at radius 3 is 0.965 bits per heavy atom. The van der Waals surface area contributed by atoms with Gasteiger partial charge in [0, 0.05) is 19.4 Å². The fraction of sp³-hybridized carbons (Fsp3) is 0.733. The predicted molar refractivity (Wildman–Crippen MR) is 367 cm³/mol. The van der Waals surface area contributed by atoms with Crippen molar-refractivity contribution in [3.63, 3.8) is 0 Å². The van der Waals surface area contributed by atoms with Crippen LogP contribution < -0.4 is 5.73 Å². The maximum absolute atomic E-state index is 12.8. The monoisotopic (exact) mass is 1210 g/mol. The van der Waals surface area contributed by atoms with Gasteiger partial charge in [-0.1, -0.05) is 316 Å². The van der Waals surface area contributed by atoms with Crippen molar-refractivity contribution in [2.75, 3.05) is 26.4 Å². The van der Waals surface area contributed by atoms with Crippen LogP contribution in [0.1, 0.15) is 322 Å². The first kappa shape index (κ1) is 81.7. The lowest BCUT2D eigenvalue weighted by atomic mass is 10.0. The number of hydrogen-bond acceptors (Lipinski definition) is 8. The Morgan fingerprint density at radius 1 is 0.365 bits per heavy atom. The molecule has 85 heavy (non-hydrogen) atoms. The van der Waals surface area contributed by atoms with Crippen LogP contribution in [0.3, 0.4) is 0 Å². The molecule has 0 aromatic rings. The molecule has 2 atom stereocenters. The highest BCUT2D eigenvalue weighted by molar-refractivity contribution is 7.47. The fourth-order valence-electron chi connectivity index (χ4n) is 9.94. The highest BCUT2D eigenvalue weighted by Gasteiger charge is 2.26. The Labute approximate surface area is 524 Å². The molecule has 0 bridgehead atoms. The summed E-state index contributed by atoms with van der Waals surface area (Å²) in [7, 11) is -4.40. The molecular weight excluding hydrogens is 1070 g/mol. The highest BCUT2D eigenvalue weighted by atomic mass is 31.2. The van der Waals surface area contributed by atoms with Gasteiger partial charge < -0.3 is 20.1 Å². The number of unbranched alkanes of at least 4 members (excludes halogenated alkanes) is 35. The van der Waals surface area contributed by atoms with Crippen molar-refractivity contribution in [2.24, 2.45) is 5.73 Å². The smallest absolute Gasteiger partial charge is 0.462 e. The van der Waals surface area contributed by atoms with Gasteiger partial charge in [-0.15, -0.1) is 0 Å². The van der Waals surface area contributed by atoms with E-state index in [0.29, 0.717) is 6.42 Å². The molecule has 9 nitrogen and oxygen atoms in total. The van der Waals surface area contributed by atoms with Crippen LogP contribution in [0.15, 0.2) is 109 Å². The first-order valence-corrected chi connectivity index (χ1v) is 36.9. The average molecular weight is 1210 g/mol. The minimum absolute atomic E-state index is 0.0483. The zero-order chi connectivity index (χ0) is 61.6. The van der Waals surface area contributed by atoms with Gasteiger partial charge in [0.05, 0.1) is 13.2 Å². The lowest BCUT2D eigenvalue weighted by molar-refractivity contribution is -0.161. The maximum Gasteiger partial charge on any atom is 0.472 e. The zero-order valence-electron chi connectivity index (χ0n) is 55.1. The van der Waals surface area contributed by atoms with Gasteiger partial charge in [-0.25, -0.2) is 4.57 Å². The summed E-state index contributed by atoms with van der Waals surface area (Å²) in [6.07, 6.45) is 96.1. The molecule has 0 aliphatic heterocycles. The molecule has 0 amide bonds. The van der Waals surface area contributed by atoms with E-state index in [1.54, 1.807) is 0 Å². The predicted octanol–water partition coefficient (Wildman–Crippen LogP) is 23.3. The first-order chi connectivity index (χ1) is 41.8. The number of carbonyl (C=O) groups excluding carboxylic acids is 2. The number of carbonyl (C=O) groups is 2. The van der Waals surface area contributed by atoms with Crippen molar-refractivity contribution in [1.82, 2.24) is 0 Å². The number of nitrogens with two attached hydrogens (primary N) is 1. The van der Waals surface area contributed by atoms with Gasteiger partial charge in [0.1, 0.15) is 6.61 Å². The lowest BCUT2D eigenvalue weighted by Gasteiger charge is -2.19. The molecule has 10 heteroatoms. The van der Waals surface area contributed by atoms with Gasteiger partial charge in [-0.05, 0) is 103 Å². The normalized spacial score (nSPS) is 13.6. The van der Waals surface area contributed by atoms with E-state index in [2.05, 4.69) is 123 Å². The quantitative estimate of drug-likeness (QED) is 0.0264. The summed E-state index contributed by atoms with van der Waals surface area (Å²) >= 11 is 0. The second-order valence-corrected chi connectivity index (χ2v) is 24.8. The molecule has 0 rings (SSSR count). The van der Waals surface area contributed by atoms with E-state index in [0.717, 1.165) is 96.3 Å². The minimum atomic E-state index is -4.40. The van der Waals surface area contributed by atoms with Crippen LogP contribution in [0.25, 0.3) is 0 Å². The van der Waals surface area contributed by atoms with Crippen LogP contribution in [0, 0.1) is 0 Å². The molecule has 3 N–H and O–H groups in total. The van der Waals surface area contributed by atoms with Gasteiger partial charge in [-0.3, -0.25) is 18.6 Å². The van der Waals surface area contributed by atoms with Crippen molar-refractivity contribution < 1.29 is 37.6 Å². The van der Waals surface area contributed by atoms with Crippen molar-refractivity contribution in [2.45, 2.75) is 328 Å². The van der Waals surface area contributed by atoms with Crippen LogP contribution in [-0.2, 0) is 32.7 Å². The van der Waals surface area contributed by atoms with Crippen LogP contribution in [-0.4, -0.2) is 49.3 Å². The molecular formula is C75H132NO8P. The van der Waals surface area contributed by atoms with Crippen LogP contribution >= 0.6 is 7.82 Å². The summed E-state index contributed by atoms with van der Waals surface area (Å²) in [4.78, 5) is 35.4. The molecule has 0 aliphatic rings. The van der Waals surface area contributed by atoms with Crippen molar-refractivity contribution >= 4 is 19.8 Å². The van der Waals surface area contributed by atoms with Gasteiger partial charge in [0.2, 0.25) is 0 Å².